The molecule has 0 unspecified atom stereocenters. The van der Waals surface area contributed by atoms with Crippen LogP contribution in [0.25, 0.3) is 6.08 Å². The van der Waals surface area contributed by atoms with Crippen LogP contribution in [0.4, 0.5) is 0 Å². The van der Waals surface area contributed by atoms with Crippen molar-refractivity contribution in [1.29, 1.82) is 0 Å². The van der Waals surface area contributed by atoms with Crippen LogP contribution in [0.5, 0.6) is 0 Å². The summed E-state index contributed by atoms with van der Waals surface area (Å²) in [5.74, 6) is 0. The molecule has 0 bridgehead atoms. The zero-order chi connectivity index (χ0) is 7.40. The Hall–Kier alpha value is -1.04. The Kier molecular flexibility index (Phi) is 2.27. The molecular formula is C10H11. The van der Waals surface area contributed by atoms with Gasteiger partial charge in [0.05, 0.1) is 0 Å². The van der Waals surface area contributed by atoms with E-state index in [9.17, 15) is 0 Å². The molecule has 0 saturated heterocycles. The van der Waals surface area contributed by atoms with Crippen molar-refractivity contribution >= 4 is 6.08 Å². The van der Waals surface area contributed by atoms with Gasteiger partial charge < -0.3 is 0 Å². The summed E-state index contributed by atoms with van der Waals surface area (Å²) in [7, 11) is 0. The Labute approximate surface area is 62.2 Å². The van der Waals surface area contributed by atoms with Crippen molar-refractivity contribution < 1.29 is 0 Å². The van der Waals surface area contributed by atoms with Gasteiger partial charge in [-0.3, -0.25) is 0 Å². The molecule has 0 heterocycles. The van der Waals surface area contributed by atoms with E-state index in [-0.39, 0.29) is 0 Å². The van der Waals surface area contributed by atoms with Gasteiger partial charge in [-0.25, -0.2) is 0 Å². The van der Waals surface area contributed by atoms with Gasteiger partial charge >= 0.3 is 0 Å². The number of benzene rings is 1. The van der Waals surface area contributed by atoms with Gasteiger partial charge in [0, 0.05) is 0 Å². The van der Waals surface area contributed by atoms with E-state index in [2.05, 4.69) is 25.1 Å². The maximum Gasteiger partial charge on any atom is -0.0238 e. The van der Waals surface area contributed by atoms with Crippen LogP contribution in [-0.4, -0.2) is 0 Å². The minimum Gasteiger partial charge on any atom is -0.0871 e. The lowest BCUT2D eigenvalue weighted by molar-refractivity contribution is 1.58. The molecule has 1 radical (unpaired) electrons. The molecule has 0 spiro atoms. The molecule has 1 aromatic carbocycles. The van der Waals surface area contributed by atoms with Gasteiger partial charge in [0.2, 0.25) is 0 Å². The van der Waals surface area contributed by atoms with Gasteiger partial charge in [-0.1, -0.05) is 36.4 Å². The zero-order valence-electron chi connectivity index (χ0n) is 6.17. The Morgan fingerprint density at radius 3 is 2.30 bits per heavy atom. The summed E-state index contributed by atoms with van der Waals surface area (Å²) in [6, 6.07) is 8.13. The van der Waals surface area contributed by atoms with Crippen LogP contribution in [0, 0.1) is 6.92 Å². The number of rotatable bonds is 1. The maximum atomic E-state index is 3.80. The van der Waals surface area contributed by atoms with Gasteiger partial charge in [0.15, 0.2) is 0 Å². The van der Waals surface area contributed by atoms with E-state index >= 15 is 0 Å². The SMILES string of the molecule is [CH2]c1ccc(/C=C\C)cc1. The van der Waals surface area contributed by atoms with Gasteiger partial charge in [0.1, 0.15) is 0 Å². The third kappa shape index (κ3) is 1.73. The summed E-state index contributed by atoms with van der Waals surface area (Å²) >= 11 is 0. The van der Waals surface area contributed by atoms with Gasteiger partial charge in [0.25, 0.3) is 0 Å². The molecule has 0 saturated carbocycles. The highest BCUT2D eigenvalue weighted by molar-refractivity contribution is 5.49. The highest BCUT2D eigenvalue weighted by Crippen LogP contribution is 2.03. The number of hydrogen-bond acceptors (Lipinski definition) is 0. The van der Waals surface area contributed by atoms with Crippen LogP contribution in [0.1, 0.15) is 18.1 Å². The van der Waals surface area contributed by atoms with Crippen LogP contribution < -0.4 is 0 Å². The van der Waals surface area contributed by atoms with Crippen LogP contribution in [-0.2, 0) is 0 Å². The summed E-state index contributed by atoms with van der Waals surface area (Å²) in [6.07, 6.45) is 4.09. The van der Waals surface area contributed by atoms with Crippen molar-refractivity contribution in [2.45, 2.75) is 6.92 Å². The molecule has 1 rings (SSSR count). The van der Waals surface area contributed by atoms with Gasteiger partial charge in [-0.15, -0.1) is 0 Å². The molecule has 0 aromatic heterocycles. The minimum atomic E-state index is 1.06. The van der Waals surface area contributed by atoms with E-state index in [1.165, 1.54) is 5.56 Å². The summed E-state index contributed by atoms with van der Waals surface area (Å²) in [5.41, 5.74) is 2.29. The predicted octanol–water partition coefficient (Wildman–Crippen LogP) is 2.90. The van der Waals surface area contributed by atoms with E-state index in [1.807, 2.05) is 25.1 Å². The van der Waals surface area contributed by atoms with E-state index in [4.69, 9.17) is 0 Å². The average molecular weight is 131 g/mol. The van der Waals surface area contributed by atoms with Crippen LogP contribution in [0.2, 0.25) is 0 Å². The fourth-order valence-electron chi connectivity index (χ4n) is 0.821. The summed E-state index contributed by atoms with van der Waals surface area (Å²) in [6.45, 7) is 5.81. The topological polar surface area (TPSA) is 0 Å². The first-order valence-electron chi connectivity index (χ1n) is 3.37. The smallest absolute Gasteiger partial charge is 0.0238 e. The highest BCUT2D eigenvalue weighted by Gasteiger charge is 1.83. The maximum absolute atomic E-state index is 3.80. The van der Waals surface area contributed by atoms with E-state index in [0.717, 1.165) is 5.56 Å². The van der Waals surface area contributed by atoms with Gasteiger partial charge in [-0.2, -0.15) is 0 Å². The van der Waals surface area contributed by atoms with Crippen molar-refractivity contribution in [1.82, 2.24) is 0 Å². The second-order valence-corrected chi connectivity index (χ2v) is 2.24. The first-order chi connectivity index (χ1) is 4.83. The zero-order valence-corrected chi connectivity index (χ0v) is 6.17. The van der Waals surface area contributed by atoms with Crippen LogP contribution >= 0.6 is 0 Å². The lowest BCUT2D eigenvalue weighted by atomic mass is 10.1. The molecule has 0 aliphatic carbocycles. The summed E-state index contributed by atoms with van der Waals surface area (Å²) in [5, 5.41) is 0. The van der Waals surface area contributed by atoms with Crippen molar-refractivity contribution in [3.8, 4) is 0 Å². The number of allylic oxidation sites excluding steroid dienone is 1. The Bertz CT molecular complexity index is 216. The molecule has 0 amide bonds. The molecule has 51 valence electrons. The van der Waals surface area contributed by atoms with Gasteiger partial charge in [-0.05, 0) is 25.0 Å². The first kappa shape index (κ1) is 7.07. The van der Waals surface area contributed by atoms with E-state index < -0.39 is 0 Å². The van der Waals surface area contributed by atoms with Crippen molar-refractivity contribution in [3.05, 3.63) is 48.4 Å². The lowest BCUT2D eigenvalue weighted by Crippen LogP contribution is -1.71. The van der Waals surface area contributed by atoms with Crippen molar-refractivity contribution in [2.75, 3.05) is 0 Å². The second kappa shape index (κ2) is 3.21. The third-order valence-corrected chi connectivity index (χ3v) is 1.34. The molecule has 10 heavy (non-hydrogen) atoms. The Morgan fingerprint density at radius 1 is 1.20 bits per heavy atom. The molecule has 0 N–H and O–H groups in total. The molecule has 0 atom stereocenters. The summed E-state index contributed by atoms with van der Waals surface area (Å²) < 4.78 is 0. The molecule has 0 fully saturated rings. The largest absolute Gasteiger partial charge is 0.0871 e. The fraction of sp³-hybridized carbons (Fsp3) is 0.100. The predicted molar refractivity (Wildman–Crippen MR) is 45.6 cm³/mol. The van der Waals surface area contributed by atoms with E-state index in [0.29, 0.717) is 0 Å². The quantitative estimate of drug-likeness (QED) is 0.549. The highest BCUT2D eigenvalue weighted by atomic mass is 13.9. The monoisotopic (exact) mass is 131 g/mol. The molecule has 0 aliphatic rings. The molecule has 0 nitrogen and oxygen atoms in total. The Balaban J connectivity index is 2.89. The average Bonchev–Trinajstić information content (AvgIpc) is 1.95. The second-order valence-electron chi connectivity index (χ2n) is 2.24. The lowest BCUT2D eigenvalue weighted by Gasteiger charge is -1.92. The van der Waals surface area contributed by atoms with Crippen LogP contribution in [0.3, 0.4) is 0 Å². The minimum absolute atomic E-state index is 1.06. The molecular weight excluding hydrogens is 120 g/mol. The first-order valence-corrected chi connectivity index (χ1v) is 3.37. The van der Waals surface area contributed by atoms with Crippen molar-refractivity contribution in [2.24, 2.45) is 0 Å². The van der Waals surface area contributed by atoms with Crippen LogP contribution in [0.15, 0.2) is 30.3 Å². The molecule has 0 heteroatoms. The molecule has 1 aromatic rings. The molecule has 0 aliphatic heterocycles. The van der Waals surface area contributed by atoms with Crippen molar-refractivity contribution in [3.63, 3.8) is 0 Å². The fourth-order valence-corrected chi connectivity index (χ4v) is 0.821. The van der Waals surface area contributed by atoms with E-state index in [1.54, 1.807) is 0 Å². The normalized spacial score (nSPS) is 10.6. The summed E-state index contributed by atoms with van der Waals surface area (Å²) in [4.78, 5) is 0. The number of hydrogen-bond donors (Lipinski definition) is 0. The standard InChI is InChI=1S/C10H11/c1-3-4-10-7-5-9(2)6-8-10/h3-8H,2H2,1H3/b4-3-. The third-order valence-electron chi connectivity index (χ3n) is 1.34. The Morgan fingerprint density at radius 2 is 1.80 bits per heavy atom.